The molecule has 0 spiro atoms. The molecule has 3 rings (SSSR count). The Balaban J connectivity index is 1.53. The Hall–Kier alpha value is -2.15. The highest BCUT2D eigenvalue weighted by molar-refractivity contribution is 5.66. The monoisotopic (exact) mass is 387 g/mol. The summed E-state index contributed by atoms with van der Waals surface area (Å²) in [6, 6.07) is 5.99. The maximum atomic E-state index is 10.5. The molecule has 1 saturated carbocycles. The van der Waals surface area contributed by atoms with E-state index in [0.717, 1.165) is 35.2 Å². The minimum Gasteiger partial charge on any atom is -0.481 e. The fourth-order valence-corrected chi connectivity index (χ4v) is 4.07. The van der Waals surface area contributed by atoms with Crippen LogP contribution in [-0.4, -0.2) is 34.0 Å². The Kier molecular flexibility index (Phi) is 6.54. The Morgan fingerprint density at radius 1 is 1.36 bits per heavy atom. The Morgan fingerprint density at radius 3 is 2.86 bits per heavy atom. The zero-order valence-corrected chi connectivity index (χ0v) is 16.4. The van der Waals surface area contributed by atoms with Gasteiger partial charge in [0.2, 0.25) is 0 Å². The van der Waals surface area contributed by atoms with E-state index in [1.54, 1.807) is 6.08 Å². The third-order valence-electron chi connectivity index (χ3n) is 5.68. The average molecular weight is 387 g/mol. The van der Waals surface area contributed by atoms with Crippen LogP contribution in [0.5, 0.6) is 0 Å². The molecule has 0 heterocycles. The van der Waals surface area contributed by atoms with Gasteiger partial charge in [0.05, 0.1) is 18.8 Å². The van der Waals surface area contributed by atoms with E-state index in [0.29, 0.717) is 13.0 Å². The van der Waals surface area contributed by atoms with Gasteiger partial charge in [-0.25, -0.2) is 0 Å². The highest BCUT2D eigenvalue weighted by atomic mass is 16.6. The number of hydrogen-bond donors (Lipinski definition) is 4. The van der Waals surface area contributed by atoms with Gasteiger partial charge in [-0.2, -0.15) is 0 Å². The molecule has 1 aromatic rings. The summed E-state index contributed by atoms with van der Waals surface area (Å²) in [6.45, 7) is 4.35. The number of fused-ring (bicyclic) bond motifs is 1. The van der Waals surface area contributed by atoms with Crippen LogP contribution in [0.4, 0.5) is 0 Å². The van der Waals surface area contributed by atoms with Gasteiger partial charge in [0.25, 0.3) is 0 Å². The number of carboxylic acid groups (broad SMARTS) is 1. The van der Waals surface area contributed by atoms with Gasteiger partial charge in [-0.3, -0.25) is 15.1 Å². The number of carboxylic acids is 1. The molecular formula is C22H29NO5. The first-order chi connectivity index (χ1) is 13.4. The number of carbonyl (C=O) groups is 1. The van der Waals surface area contributed by atoms with E-state index in [1.807, 2.05) is 32.1 Å². The maximum absolute atomic E-state index is 10.5. The van der Waals surface area contributed by atoms with Crippen molar-refractivity contribution in [3.05, 3.63) is 58.3 Å². The van der Waals surface area contributed by atoms with Crippen molar-refractivity contribution in [2.24, 2.45) is 11.8 Å². The molecule has 2 aliphatic rings. The molecule has 0 aliphatic heterocycles. The summed E-state index contributed by atoms with van der Waals surface area (Å²) in [7, 11) is 0. The number of aliphatic carboxylic acids is 1. The summed E-state index contributed by atoms with van der Waals surface area (Å²) < 4.78 is 0. The van der Waals surface area contributed by atoms with Crippen molar-refractivity contribution in [2.45, 2.75) is 51.7 Å². The molecule has 152 valence electrons. The number of hydroxylamine groups is 1. The number of aryl methyl sites for hydroxylation is 2. The summed E-state index contributed by atoms with van der Waals surface area (Å²) in [4.78, 5) is 15.8. The van der Waals surface area contributed by atoms with Gasteiger partial charge in [-0.05, 0) is 49.8 Å². The normalized spacial score (nSPS) is 24.9. The topological polar surface area (TPSA) is 99.0 Å². The first kappa shape index (κ1) is 20.6. The summed E-state index contributed by atoms with van der Waals surface area (Å²) >= 11 is 0. The lowest BCUT2D eigenvalue weighted by Gasteiger charge is -2.30. The lowest BCUT2D eigenvalue weighted by Crippen LogP contribution is -2.32. The largest absolute Gasteiger partial charge is 0.481 e. The fourth-order valence-electron chi connectivity index (χ4n) is 4.07. The number of benzene rings is 1. The van der Waals surface area contributed by atoms with Crippen molar-refractivity contribution in [1.29, 1.82) is 0 Å². The van der Waals surface area contributed by atoms with Crippen LogP contribution >= 0.6 is 0 Å². The molecule has 1 aromatic carbocycles. The summed E-state index contributed by atoms with van der Waals surface area (Å²) in [5, 5.41) is 29.6. The third kappa shape index (κ3) is 4.63. The smallest absolute Gasteiger partial charge is 0.303 e. The van der Waals surface area contributed by atoms with Crippen molar-refractivity contribution in [1.82, 2.24) is 5.48 Å². The number of hydrogen-bond acceptors (Lipinski definition) is 5. The molecule has 3 unspecified atom stereocenters. The van der Waals surface area contributed by atoms with Gasteiger partial charge in [0.15, 0.2) is 0 Å². The number of nitrogens with one attached hydrogen (secondary N) is 1. The van der Waals surface area contributed by atoms with Crippen molar-refractivity contribution in [3.63, 3.8) is 0 Å². The van der Waals surface area contributed by atoms with Crippen LogP contribution in [0.1, 0.15) is 48.5 Å². The second-order valence-electron chi connectivity index (χ2n) is 7.81. The van der Waals surface area contributed by atoms with Crippen LogP contribution in [-0.2, 0) is 9.63 Å². The van der Waals surface area contributed by atoms with Crippen molar-refractivity contribution in [2.75, 3.05) is 6.61 Å². The minimum absolute atomic E-state index is 0.0216. The van der Waals surface area contributed by atoms with Crippen LogP contribution in [0.25, 0.3) is 0 Å². The van der Waals surface area contributed by atoms with Crippen molar-refractivity contribution < 1.29 is 25.0 Å². The lowest BCUT2D eigenvalue weighted by atomic mass is 9.83. The van der Waals surface area contributed by atoms with Gasteiger partial charge in [0.1, 0.15) is 0 Å². The number of rotatable bonds is 9. The lowest BCUT2D eigenvalue weighted by molar-refractivity contribution is -0.137. The van der Waals surface area contributed by atoms with Crippen LogP contribution < -0.4 is 5.48 Å². The zero-order chi connectivity index (χ0) is 20.3. The number of aliphatic hydroxyl groups is 2. The predicted molar refractivity (Wildman–Crippen MR) is 105 cm³/mol. The van der Waals surface area contributed by atoms with Crippen LogP contribution in [0.15, 0.2) is 41.6 Å². The Morgan fingerprint density at radius 2 is 2.14 bits per heavy atom. The molecular weight excluding hydrogens is 358 g/mol. The minimum atomic E-state index is -0.828. The zero-order valence-electron chi connectivity index (χ0n) is 16.4. The van der Waals surface area contributed by atoms with E-state index in [4.69, 9.17) is 9.94 Å². The standard InChI is InChI=1S/C22H29NO5/c1-13-5-7-16(14(2)10-13)20(24)8-6-15-11-17-18(22(15)27)12-19(17)23-28-9-3-4-21(25)26/h5-8,10,15,18,20,22-24,27H,3-4,9,11-12H2,1-2H3,(H,25,26)/t15?,18-,20?,22?/m1/s1. The highest BCUT2D eigenvalue weighted by Gasteiger charge is 2.45. The molecule has 0 saturated heterocycles. The van der Waals surface area contributed by atoms with Crippen LogP contribution in [0.2, 0.25) is 0 Å². The van der Waals surface area contributed by atoms with Crippen molar-refractivity contribution in [3.8, 4) is 0 Å². The van der Waals surface area contributed by atoms with Gasteiger partial charge in [0, 0.05) is 24.0 Å². The molecule has 28 heavy (non-hydrogen) atoms. The van der Waals surface area contributed by atoms with E-state index in [-0.39, 0.29) is 18.3 Å². The highest BCUT2D eigenvalue weighted by Crippen LogP contribution is 2.48. The first-order valence-corrected chi connectivity index (χ1v) is 9.80. The summed E-state index contributed by atoms with van der Waals surface area (Å²) in [5.41, 5.74) is 8.17. The summed E-state index contributed by atoms with van der Waals surface area (Å²) in [5.74, 6) is -0.712. The maximum Gasteiger partial charge on any atom is 0.303 e. The van der Waals surface area contributed by atoms with Gasteiger partial charge < -0.3 is 15.3 Å². The molecule has 0 aromatic heterocycles. The molecule has 1 fully saturated rings. The quantitative estimate of drug-likeness (QED) is 0.295. The van der Waals surface area contributed by atoms with E-state index >= 15 is 0 Å². The Labute approximate surface area is 165 Å². The van der Waals surface area contributed by atoms with E-state index < -0.39 is 18.2 Å². The molecule has 4 N–H and O–H groups in total. The van der Waals surface area contributed by atoms with Crippen LogP contribution in [0.3, 0.4) is 0 Å². The average Bonchev–Trinajstić information content (AvgIpc) is 2.86. The Bertz CT molecular complexity index is 785. The number of allylic oxidation sites excluding steroid dienone is 1. The molecule has 0 radical (unpaired) electrons. The van der Waals surface area contributed by atoms with Gasteiger partial charge >= 0.3 is 5.97 Å². The fraction of sp³-hybridized carbons (Fsp3) is 0.500. The molecule has 0 bridgehead atoms. The SMILES string of the molecule is Cc1ccc(C(O)C=CC2CC3=C(NOCCCC(=O)O)C[C@H]3C2O)c(C)c1. The van der Waals surface area contributed by atoms with Crippen LogP contribution in [0, 0.1) is 25.7 Å². The molecule has 4 atom stereocenters. The molecule has 0 amide bonds. The van der Waals surface area contributed by atoms with E-state index in [9.17, 15) is 15.0 Å². The van der Waals surface area contributed by atoms with E-state index in [2.05, 4.69) is 11.5 Å². The molecule has 6 heteroatoms. The molecule has 2 aliphatic carbocycles. The number of aliphatic hydroxyl groups excluding tert-OH is 2. The van der Waals surface area contributed by atoms with E-state index in [1.165, 1.54) is 5.57 Å². The van der Waals surface area contributed by atoms with Gasteiger partial charge in [-0.1, -0.05) is 35.9 Å². The molecule has 6 nitrogen and oxygen atoms in total. The van der Waals surface area contributed by atoms with Gasteiger partial charge in [-0.15, -0.1) is 0 Å². The second-order valence-corrected chi connectivity index (χ2v) is 7.81. The first-order valence-electron chi connectivity index (χ1n) is 9.80. The predicted octanol–water partition coefficient (Wildman–Crippen LogP) is 2.93. The third-order valence-corrected chi connectivity index (χ3v) is 5.68. The van der Waals surface area contributed by atoms with Crippen molar-refractivity contribution >= 4 is 5.97 Å². The summed E-state index contributed by atoms with van der Waals surface area (Å²) in [6.07, 6.45) is 4.58. The second kappa shape index (κ2) is 8.90.